The standard InChI is InChI=1S/C11H11BrN2O4/c12-7-2-1-3-8(6-7)13-11(18)14-9(15)4-5-10(16)17/h1-3,6H,4-5H2,(H,16,17)(H2,13,14,15,18). The predicted molar refractivity (Wildman–Crippen MR) is 68.2 cm³/mol. The molecule has 3 N–H and O–H groups in total. The second-order valence-corrected chi connectivity index (χ2v) is 4.32. The van der Waals surface area contributed by atoms with Gasteiger partial charge in [-0.05, 0) is 18.2 Å². The number of rotatable bonds is 4. The molecule has 0 fully saturated rings. The van der Waals surface area contributed by atoms with Crippen molar-refractivity contribution < 1.29 is 19.5 Å². The molecular formula is C11H11BrN2O4. The van der Waals surface area contributed by atoms with E-state index in [1.165, 1.54) is 0 Å². The predicted octanol–water partition coefficient (Wildman–Crippen LogP) is 1.96. The molecule has 6 nitrogen and oxygen atoms in total. The zero-order valence-corrected chi connectivity index (χ0v) is 10.9. The molecule has 0 aliphatic carbocycles. The van der Waals surface area contributed by atoms with Crippen LogP contribution in [0.25, 0.3) is 0 Å². The summed E-state index contributed by atoms with van der Waals surface area (Å²) in [5, 5.41) is 12.9. The van der Waals surface area contributed by atoms with E-state index in [-0.39, 0.29) is 12.8 Å². The number of halogens is 1. The number of benzene rings is 1. The fourth-order valence-electron chi connectivity index (χ4n) is 1.14. The summed E-state index contributed by atoms with van der Waals surface area (Å²) in [5.74, 6) is -1.72. The monoisotopic (exact) mass is 314 g/mol. The van der Waals surface area contributed by atoms with Gasteiger partial charge in [0.25, 0.3) is 0 Å². The number of anilines is 1. The van der Waals surface area contributed by atoms with Gasteiger partial charge in [-0.25, -0.2) is 4.79 Å². The van der Waals surface area contributed by atoms with Crippen molar-refractivity contribution in [1.82, 2.24) is 5.32 Å². The summed E-state index contributed by atoms with van der Waals surface area (Å²) >= 11 is 3.24. The molecule has 0 aromatic heterocycles. The van der Waals surface area contributed by atoms with Gasteiger partial charge >= 0.3 is 12.0 Å². The van der Waals surface area contributed by atoms with Crippen LogP contribution in [-0.2, 0) is 9.59 Å². The minimum Gasteiger partial charge on any atom is -0.481 e. The summed E-state index contributed by atoms with van der Waals surface area (Å²) in [6.07, 6.45) is -0.544. The van der Waals surface area contributed by atoms with Crippen LogP contribution in [0.15, 0.2) is 28.7 Å². The molecule has 0 aliphatic heterocycles. The lowest BCUT2D eigenvalue weighted by Gasteiger charge is -2.06. The Kier molecular flexibility index (Phi) is 5.31. The quantitative estimate of drug-likeness (QED) is 0.791. The van der Waals surface area contributed by atoms with E-state index < -0.39 is 17.9 Å². The molecular weight excluding hydrogens is 304 g/mol. The number of carbonyl (C=O) groups excluding carboxylic acids is 2. The molecule has 18 heavy (non-hydrogen) atoms. The zero-order chi connectivity index (χ0) is 13.5. The van der Waals surface area contributed by atoms with Crippen molar-refractivity contribution in [3.63, 3.8) is 0 Å². The van der Waals surface area contributed by atoms with E-state index in [9.17, 15) is 14.4 Å². The van der Waals surface area contributed by atoms with Crippen molar-refractivity contribution in [2.24, 2.45) is 0 Å². The van der Waals surface area contributed by atoms with Crippen molar-refractivity contribution in [2.45, 2.75) is 12.8 Å². The lowest BCUT2D eigenvalue weighted by molar-refractivity contribution is -0.138. The molecule has 0 saturated heterocycles. The molecule has 0 heterocycles. The number of nitrogens with one attached hydrogen (secondary N) is 2. The van der Waals surface area contributed by atoms with Crippen LogP contribution in [-0.4, -0.2) is 23.0 Å². The number of aliphatic carboxylic acids is 1. The second-order valence-electron chi connectivity index (χ2n) is 3.41. The first kappa shape index (κ1) is 14.2. The topological polar surface area (TPSA) is 95.5 Å². The van der Waals surface area contributed by atoms with E-state index in [0.29, 0.717) is 5.69 Å². The summed E-state index contributed by atoms with van der Waals surface area (Å²) in [6.45, 7) is 0. The Morgan fingerprint density at radius 2 is 1.94 bits per heavy atom. The van der Waals surface area contributed by atoms with E-state index >= 15 is 0 Å². The molecule has 0 unspecified atom stereocenters. The number of hydrogen-bond acceptors (Lipinski definition) is 3. The maximum Gasteiger partial charge on any atom is 0.325 e. The smallest absolute Gasteiger partial charge is 0.325 e. The first-order valence-electron chi connectivity index (χ1n) is 5.05. The van der Waals surface area contributed by atoms with Crippen LogP contribution in [0.3, 0.4) is 0 Å². The Morgan fingerprint density at radius 3 is 2.56 bits per heavy atom. The first-order valence-corrected chi connectivity index (χ1v) is 5.85. The molecule has 1 rings (SSSR count). The third-order valence-corrected chi connectivity index (χ3v) is 2.39. The van der Waals surface area contributed by atoms with Crippen LogP contribution in [0.4, 0.5) is 10.5 Å². The highest BCUT2D eigenvalue weighted by molar-refractivity contribution is 9.10. The summed E-state index contributed by atoms with van der Waals surface area (Å²) in [6, 6.07) is 6.16. The normalized spacial score (nSPS) is 9.61. The van der Waals surface area contributed by atoms with Crippen LogP contribution < -0.4 is 10.6 Å². The van der Waals surface area contributed by atoms with Crippen molar-refractivity contribution in [3.05, 3.63) is 28.7 Å². The SMILES string of the molecule is O=C(O)CCC(=O)NC(=O)Nc1cccc(Br)c1. The van der Waals surface area contributed by atoms with Crippen molar-refractivity contribution in [3.8, 4) is 0 Å². The fourth-order valence-corrected chi connectivity index (χ4v) is 1.54. The second kappa shape index (κ2) is 6.75. The van der Waals surface area contributed by atoms with E-state index in [4.69, 9.17) is 5.11 Å². The Balaban J connectivity index is 2.42. The highest BCUT2D eigenvalue weighted by atomic mass is 79.9. The van der Waals surface area contributed by atoms with E-state index in [0.717, 1.165) is 4.47 Å². The van der Waals surface area contributed by atoms with Gasteiger partial charge in [0.15, 0.2) is 0 Å². The Bertz CT molecular complexity index is 476. The summed E-state index contributed by atoms with van der Waals surface area (Å²) in [5.41, 5.74) is 0.521. The largest absolute Gasteiger partial charge is 0.481 e. The molecule has 0 atom stereocenters. The Morgan fingerprint density at radius 1 is 1.22 bits per heavy atom. The van der Waals surface area contributed by atoms with Crippen LogP contribution in [0, 0.1) is 0 Å². The molecule has 3 amide bonds. The van der Waals surface area contributed by atoms with Crippen molar-refractivity contribution >= 4 is 39.5 Å². The highest BCUT2D eigenvalue weighted by Gasteiger charge is 2.09. The minimum atomic E-state index is -1.09. The van der Waals surface area contributed by atoms with Gasteiger partial charge in [-0.3, -0.25) is 14.9 Å². The number of amides is 3. The lowest BCUT2D eigenvalue weighted by Crippen LogP contribution is -2.34. The summed E-state index contributed by atoms with van der Waals surface area (Å²) in [7, 11) is 0. The van der Waals surface area contributed by atoms with Crippen LogP contribution in [0.2, 0.25) is 0 Å². The number of carboxylic acids is 1. The van der Waals surface area contributed by atoms with Crippen LogP contribution in [0.5, 0.6) is 0 Å². The molecule has 0 radical (unpaired) electrons. The van der Waals surface area contributed by atoms with Gasteiger partial charge in [0.1, 0.15) is 0 Å². The van der Waals surface area contributed by atoms with E-state index in [1.54, 1.807) is 24.3 Å². The average molecular weight is 315 g/mol. The number of urea groups is 1. The molecule has 0 spiro atoms. The van der Waals surface area contributed by atoms with Gasteiger partial charge in [0.05, 0.1) is 6.42 Å². The minimum absolute atomic E-state index is 0.235. The van der Waals surface area contributed by atoms with Gasteiger partial charge in [-0.1, -0.05) is 22.0 Å². The first-order chi connectivity index (χ1) is 8.47. The number of carbonyl (C=O) groups is 3. The fraction of sp³-hybridized carbons (Fsp3) is 0.182. The lowest BCUT2D eigenvalue weighted by atomic mass is 10.3. The van der Waals surface area contributed by atoms with Crippen LogP contribution >= 0.6 is 15.9 Å². The summed E-state index contributed by atoms with van der Waals surface area (Å²) < 4.78 is 0.789. The molecule has 1 aromatic carbocycles. The highest BCUT2D eigenvalue weighted by Crippen LogP contribution is 2.15. The van der Waals surface area contributed by atoms with Crippen molar-refractivity contribution in [2.75, 3.05) is 5.32 Å². The Hall–Kier alpha value is -1.89. The third kappa shape index (κ3) is 5.44. The number of carboxylic acid groups (broad SMARTS) is 1. The van der Waals surface area contributed by atoms with E-state index in [2.05, 4.69) is 21.2 Å². The molecule has 0 bridgehead atoms. The Labute approximate surface area is 112 Å². The van der Waals surface area contributed by atoms with Crippen LogP contribution in [0.1, 0.15) is 12.8 Å². The molecule has 96 valence electrons. The zero-order valence-electron chi connectivity index (χ0n) is 9.27. The third-order valence-electron chi connectivity index (χ3n) is 1.90. The van der Waals surface area contributed by atoms with Gasteiger partial charge in [0.2, 0.25) is 5.91 Å². The van der Waals surface area contributed by atoms with Gasteiger partial charge in [-0.2, -0.15) is 0 Å². The maximum atomic E-state index is 11.4. The summed E-state index contributed by atoms with van der Waals surface area (Å²) in [4.78, 5) is 32.8. The molecule has 0 saturated carbocycles. The molecule has 1 aromatic rings. The van der Waals surface area contributed by atoms with Crippen molar-refractivity contribution in [1.29, 1.82) is 0 Å². The number of imide groups is 1. The van der Waals surface area contributed by atoms with E-state index in [1.807, 2.05) is 5.32 Å². The molecule has 0 aliphatic rings. The molecule has 7 heteroatoms. The number of hydrogen-bond donors (Lipinski definition) is 3. The van der Waals surface area contributed by atoms with Gasteiger partial charge < -0.3 is 10.4 Å². The van der Waals surface area contributed by atoms with Gasteiger partial charge in [0, 0.05) is 16.6 Å². The average Bonchev–Trinajstić information content (AvgIpc) is 2.26. The van der Waals surface area contributed by atoms with Gasteiger partial charge in [-0.15, -0.1) is 0 Å². The maximum absolute atomic E-state index is 11.4.